The number of carbonyl (C=O) groups is 1. The fourth-order valence-corrected chi connectivity index (χ4v) is 1.01. The Labute approximate surface area is 76.4 Å². The maximum Gasteiger partial charge on any atom is 0.337 e. The Morgan fingerprint density at radius 1 is 1.69 bits per heavy atom. The molecular weight excluding hydrogens is 170 g/mol. The molecule has 1 aliphatic heterocycles. The molecule has 72 valence electrons. The van der Waals surface area contributed by atoms with Crippen LogP contribution < -0.4 is 16.8 Å². The molecule has 5 heteroatoms. The first-order valence-corrected chi connectivity index (χ1v) is 4.02. The van der Waals surface area contributed by atoms with E-state index in [0.717, 1.165) is 0 Å². The van der Waals surface area contributed by atoms with Crippen molar-refractivity contribution in [1.82, 2.24) is 5.32 Å². The molecule has 13 heavy (non-hydrogen) atoms. The van der Waals surface area contributed by atoms with E-state index in [1.165, 1.54) is 6.08 Å². The Morgan fingerprint density at radius 2 is 2.38 bits per heavy atom. The lowest BCUT2D eigenvalue weighted by atomic mass is 10.1. The summed E-state index contributed by atoms with van der Waals surface area (Å²) in [5, 5.41) is 2.80. The zero-order valence-electron chi connectivity index (χ0n) is 7.46. The van der Waals surface area contributed by atoms with Crippen LogP contribution in [0.25, 0.3) is 0 Å². The predicted molar refractivity (Wildman–Crippen MR) is 48.1 cm³/mol. The first kappa shape index (κ1) is 9.44. The van der Waals surface area contributed by atoms with Crippen LogP contribution in [0.1, 0.15) is 6.92 Å². The SMILES string of the molecule is CCOC(=O)C1=C(N)C=C(N)NC1. The molecule has 1 rings (SSSR count). The average Bonchev–Trinajstić information content (AvgIpc) is 2.04. The maximum absolute atomic E-state index is 11.2. The lowest BCUT2D eigenvalue weighted by Crippen LogP contribution is -2.32. The van der Waals surface area contributed by atoms with Gasteiger partial charge in [0, 0.05) is 11.8 Å². The minimum Gasteiger partial charge on any atom is -0.463 e. The normalized spacial score (nSPS) is 16.2. The molecule has 0 fully saturated rings. The van der Waals surface area contributed by atoms with Crippen molar-refractivity contribution in [2.45, 2.75) is 6.92 Å². The van der Waals surface area contributed by atoms with Crippen LogP contribution in [0.15, 0.2) is 23.2 Å². The summed E-state index contributed by atoms with van der Waals surface area (Å²) in [4.78, 5) is 11.2. The Morgan fingerprint density at radius 3 is 2.92 bits per heavy atom. The largest absolute Gasteiger partial charge is 0.463 e. The molecule has 0 aromatic heterocycles. The number of nitrogens with two attached hydrogens (primary N) is 2. The number of ether oxygens (including phenoxy) is 1. The molecule has 0 saturated carbocycles. The summed E-state index contributed by atoms with van der Waals surface area (Å²) in [6.45, 7) is 2.41. The summed E-state index contributed by atoms with van der Waals surface area (Å²) in [6.07, 6.45) is 1.51. The minimum absolute atomic E-state index is 0.326. The molecule has 0 unspecified atom stereocenters. The molecule has 5 N–H and O–H groups in total. The van der Waals surface area contributed by atoms with Gasteiger partial charge in [0.2, 0.25) is 0 Å². The van der Waals surface area contributed by atoms with E-state index >= 15 is 0 Å². The molecule has 0 aliphatic carbocycles. The average molecular weight is 183 g/mol. The summed E-state index contributed by atoms with van der Waals surface area (Å²) in [5.41, 5.74) is 11.8. The maximum atomic E-state index is 11.2. The number of esters is 1. The van der Waals surface area contributed by atoms with E-state index in [1.54, 1.807) is 6.92 Å². The highest BCUT2D eigenvalue weighted by Crippen LogP contribution is 2.07. The van der Waals surface area contributed by atoms with Gasteiger partial charge < -0.3 is 21.5 Å². The van der Waals surface area contributed by atoms with Crippen LogP contribution in [-0.4, -0.2) is 19.1 Å². The number of carbonyl (C=O) groups excluding carboxylic acids is 1. The van der Waals surface area contributed by atoms with Crippen LogP contribution in [0.4, 0.5) is 0 Å². The second kappa shape index (κ2) is 3.84. The van der Waals surface area contributed by atoms with E-state index in [1.807, 2.05) is 0 Å². The van der Waals surface area contributed by atoms with Gasteiger partial charge in [0.1, 0.15) is 0 Å². The smallest absolute Gasteiger partial charge is 0.337 e. The molecule has 0 aromatic rings. The zero-order valence-corrected chi connectivity index (χ0v) is 7.46. The standard InChI is InChI=1S/C8H13N3O2/c1-2-13-8(12)5-4-11-7(10)3-6(5)9/h3,11H,2,4,9-10H2,1H3. The molecule has 0 saturated heterocycles. The van der Waals surface area contributed by atoms with Crippen molar-refractivity contribution >= 4 is 5.97 Å². The van der Waals surface area contributed by atoms with Crippen molar-refractivity contribution in [2.75, 3.05) is 13.2 Å². The van der Waals surface area contributed by atoms with Gasteiger partial charge in [0.25, 0.3) is 0 Å². The summed E-state index contributed by atoms with van der Waals surface area (Å²) in [6, 6.07) is 0. The molecule has 5 nitrogen and oxygen atoms in total. The van der Waals surface area contributed by atoms with Gasteiger partial charge in [-0.25, -0.2) is 4.79 Å². The zero-order chi connectivity index (χ0) is 9.84. The van der Waals surface area contributed by atoms with Crippen molar-refractivity contribution in [1.29, 1.82) is 0 Å². The topological polar surface area (TPSA) is 90.4 Å². The molecular formula is C8H13N3O2. The molecule has 0 spiro atoms. The minimum atomic E-state index is -0.392. The lowest BCUT2D eigenvalue weighted by Gasteiger charge is -2.16. The first-order valence-electron chi connectivity index (χ1n) is 4.02. The molecule has 1 heterocycles. The van der Waals surface area contributed by atoms with E-state index in [2.05, 4.69) is 5.32 Å². The quantitative estimate of drug-likeness (QED) is 0.486. The Bertz CT molecular complexity index is 281. The van der Waals surface area contributed by atoms with Crippen molar-refractivity contribution in [3.8, 4) is 0 Å². The van der Waals surface area contributed by atoms with Gasteiger partial charge in [-0.3, -0.25) is 0 Å². The van der Waals surface area contributed by atoms with Gasteiger partial charge in [-0.2, -0.15) is 0 Å². The van der Waals surface area contributed by atoms with E-state index in [4.69, 9.17) is 16.2 Å². The molecule has 1 aliphatic rings. The van der Waals surface area contributed by atoms with Gasteiger partial charge in [-0.15, -0.1) is 0 Å². The highest BCUT2D eigenvalue weighted by Gasteiger charge is 2.17. The molecule has 0 amide bonds. The van der Waals surface area contributed by atoms with Crippen LogP contribution in [-0.2, 0) is 9.53 Å². The highest BCUT2D eigenvalue weighted by molar-refractivity contribution is 5.90. The van der Waals surface area contributed by atoms with Gasteiger partial charge >= 0.3 is 5.97 Å². The molecule has 0 bridgehead atoms. The van der Waals surface area contributed by atoms with Crippen LogP contribution in [0.2, 0.25) is 0 Å². The summed E-state index contributed by atoms with van der Waals surface area (Å²) in [5.74, 6) is 0.0711. The van der Waals surface area contributed by atoms with E-state index in [0.29, 0.717) is 30.2 Å². The van der Waals surface area contributed by atoms with Crippen molar-refractivity contribution in [3.63, 3.8) is 0 Å². The van der Waals surface area contributed by atoms with Crippen molar-refractivity contribution in [2.24, 2.45) is 11.5 Å². The van der Waals surface area contributed by atoms with Crippen molar-refractivity contribution in [3.05, 3.63) is 23.2 Å². The summed E-state index contributed by atoms with van der Waals surface area (Å²) < 4.78 is 4.80. The molecule has 0 aromatic carbocycles. The number of nitrogens with one attached hydrogen (secondary N) is 1. The number of allylic oxidation sites excluding steroid dienone is 1. The third-order valence-corrected chi connectivity index (χ3v) is 1.65. The van der Waals surface area contributed by atoms with Crippen LogP contribution in [0.5, 0.6) is 0 Å². The van der Waals surface area contributed by atoms with Gasteiger partial charge in [0.05, 0.1) is 24.5 Å². The molecule has 0 atom stereocenters. The second-order valence-corrected chi connectivity index (χ2v) is 2.61. The monoisotopic (exact) mass is 183 g/mol. The summed E-state index contributed by atoms with van der Waals surface area (Å²) >= 11 is 0. The predicted octanol–water partition coefficient (Wildman–Crippen LogP) is -0.834. The van der Waals surface area contributed by atoms with Crippen molar-refractivity contribution < 1.29 is 9.53 Å². The Balaban J connectivity index is 2.79. The fraction of sp³-hybridized carbons (Fsp3) is 0.375. The van der Waals surface area contributed by atoms with Gasteiger partial charge in [-0.1, -0.05) is 0 Å². The Hall–Kier alpha value is -1.65. The van der Waals surface area contributed by atoms with Crippen LogP contribution in [0, 0.1) is 0 Å². The highest BCUT2D eigenvalue weighted by atomic mass is 16.5. The second-order valence-electron chi connectivity index (χ2n) is 2.61. The van der Waals surface area contributed by atoms with Crippen LogP contribution >= 0.6 is 0 Å². The third-order valence-electron chi connectivity index (χ3n) is 1.65. The Kier molecular flexibility index (Phi) is 2.79. The first-order chi connectivity index (χ1) is 6.15. The number of dihydropyridines is 1. The lowest BCUT2D eigenvalue weighted by molar-refractivity contribution is -0.138. The van der Waals surface area contributed by atoms with Gasteiger partial charge in [0.15, 0.2) is 0 Å². The third kappa shape index (κ3) is 2.14. The number of rotatable bonds is 2. The fourth-order valence-electron chi connectivity index (χ4n) is 1.01. The van der Waals surface area contributed by atoms with E-state index < -0.39 is 5.97 Å². The van der Waals surface area contributed by atoms with E-state index in [9.17, 15) is 4.79 Å². The van der Waals surface area contributed by atoms with Crippen LogP contribution in [0.3, 0.4) is 0 Å². The molecule has 0 radical (unpaired) electrons. The number of hydrogen-bond acceptors (Lipinski definition) is 5. The number of hydrogen-bond donors (Lipinski definition) is 3. The van der Waals surface area contributed by atoms with Gasteiger partial charge in [-0.05, 0) is 6.92 Å². The van der Waals surface area contributed by atoms with E-state index in [-0.39, 0.29) is 0 Å². The summed E-state index contributed by atoms with van der Waals surface area (Å²) in [7, 11) is 0.